The number of rotatable bonds is 4. The van der Waals surface area contributed by atoms with Crippen LogP contribution in [-0.4, -0.2) is 56.2 Å². The van der Waals surface area contributed by atoms with Crippen molar-refractivity contribution in [1.82, 2.24) is 4.90 Å². The number of Topliss-reactive ketones (excluding diaryl/α,β-unsaturated/α-hetero) is 1. The maximum Gasteiger partial charge on any atom is 0.322 e. The summed E-state index contributed by atoms with van der Waals surface area (Å²) >= 11 is 0. The Hall–Kier alpha value is -1.92. The summed E-state index contributed by atoms with van der Waals surface area (Å²) in [7, 11) is 3.29. The van der Waals surface area contributed by atoms with Crippen LogP contribution in [0.2, 0.25) is 0 Å². The molecule has 0 aromatic heterocycles. The van der Waals surface area contributed by atoms with Gasteiger partial charge < -0.3 is 19.7 Å². The van der Waals surface area contributed by atoms with Crippen LogP contribution in [-0.2, 0) is 15.9 Å². The fourth-order valence-electron chi connectivity index (χ4n) is 3.37. The molecule has 0 spiro atoms. The number of hydrogen-bond donors (Lipinski definition) is 1. The number of fused-ring (bicyclic) bond motifs is 1. The number of carbonyl (C=O) groups is 2. The molecule has 23 heavy (non-hydrogen) atoms. The number of carbonyl (C=O) groups excluding carboxylic acids is 2. The molecule has 0 saturated carbocycles. The van der Waals surface area contributed by atoms with Crippen LogP contribution >= 0.6 is 0 Å². The smallest absolute Gasteiger partial charge is 0.322 e. The number of ketones is 1. The van der Waals surface area contributed by atoms with E-state index in [2.05, 4.69) is 5.32 Å². The molecule has 1 aromatic rings. The molecule has 124 valence electrons. The van der Waals surface area contributed by atoms with Crippen molar-refractivity contribution >= 4 is 17.5 Å². The Morgan fingerprint density at radius 1 is 1.35 bits per heavy atom. The lowest BCUT2D eigenvalue weighted by Gasteiger charge is -2.24. The zero-order valence-electron chi connectivity index (χ0n) is 13.5. The van der Waals surface area contributed by atoms with Crippen molar-refractivity contribution in [3.05, 3.63) is 29.3 Å². The molecule has 1 aliphatic heterocycles. The fraction of sp³-hybridized carbons (Fsp3) is 0.529. The van der Waals surface area contributed by atoms with E-state index in [0.29, 0.717) is 19.6 Å². The Morgan fingerprint density at radius 3 is 2.91 bits per heavy atom. The number of methoxy groups -OCH3 is 2. The van der Waals surface area contributed by atoms with Gasteiger partial charge in [-0.15, -0.1) is 0 Å². The van der Waals surface area contributed by atoms with Crippen LogP contribution in [0, 0.1) is 0 Å². The maximum absolute atomic E-state index is 12.6. The van der Waals surface area contributed by atoms with E-state index in [9.17, 15) is 9.59 Å². The van der Waals surface area contributed by atoms with E-state index in [-0.39, 0.29) is 24.0 Å². The summed E-state index contributed by atoms with van der Waals surface area (Å²) in [6, 6.07) is 5.34. The molecule has 1 fully saturated rings. The number of anilines is 1. The standard InChI is InChI=1S/C17H22N2O4/c1-22-10-13-8-14(23-2)9-19(13)17(21)18-12-4-5-15-11(7-12)3-6-16(15)20/h4-5,7,13-14H,3,6,8-10H2,1-2H3,(H,18,21)/t13-,14-/m0/s1. The molecular formula is C17H22N2O4. The number of nitrogens with one attached hydrogen (secondary N) is 1. The molecule has 2 amide bonds. The van der Waals surface area contributed by atoms with E-state index >= 15 is 0 Å². The second-order valence-corrected chi connectivity index (χ2v) is 6.08. The third-order valence-corrected chi connectivity index (χ3v) is 4.61. The van der Waals surface area contributed by atoms with E-state index in [1.165, 1.54) is 0 Å². The van der Waals surface area contributed by atoms with Gasteiger partial charge in [0.05, 0.1) is 18.8 Å². The minimum atomic E-state index is -0.157. The van der Waals surface area contributed by atoms with Crippen LogP contribution in [0.15, 0.2) is 18.2 Å². The Kier molecular flexibility index (Phi) is 4.63. The zero-order chi connectivity index (χ0) is 16.4. The van der Waals surface area contributed by atoms with Gasteiger partial charge in [-0.1, -0.05) is 0 Å². The summed E-state index contributed by atoms with van der Waals surface area (Å²) in [4.78, 5) is 26.0. The first kappa shape index (κ1) is 16.0. The molecule has 2 aliphatic rings. The number of ether oxygens (including phenoxy) is 2. The largest absolute Gasteiger partial charge is 0.383 e. The molecule has 0 unspecified atom stereocenters. The highest BCUT2D eigenvalue weighted by atomic mass is 16.5. The van der Waals surface area contributed by atoms with Gasteiger partial charge in [0.15, 0.2) is 5.78 Å². The van der Waals surface area contributed by atoms with Crippen molar-refractivity contribution in [3.8, 4) is 0 Å². The van der Waals surface area contributed by atoms with Crippen molar-refractivity contribution in [2.45, 2.75) is 31.4 Å². The van der Waals surface area contributed by atoms with Gasteiger partial charge in [0.2, 0.25) is 0 Å². The Labute approximate surface area is 135 Å². The molecule has 0 radical (unpaired) electrons. The van der Waals surface area contributed by atoms with Crippen LogP contribution in [0.5, 0.6) is 0 Å². The number of amides is 2. The second-order valence-electron chi connectivity index (χ2n) is 6.08. The molecular weight excluding hydrogens is 296 g/mol. The lowest BCUT2D eigenvalue weighted by Crippen LogP contribution is -2.41. The van der Waals surface area contributed by atoms with Gasteiger partial charge >= 0.3 is 6.03 Å². The van der Waals surface area contributed by atoms with Gasteiger partial charge in [-0.05, 0) is 36.6 Å². The summed E-state index contributed by atoms with van der Waals surface area (Å²) in [5, 5.41) is 2.93. The summed E-state index contributed by atoms with van der Waals surface area (Å²) < 4.78 is 10.6. The number of nitrogens with zero attached hydrogens (tertiary/aromatic N) is 1. The molecule has 3 rings (SSSR count). The van der Waals surface area contributed by atoms with Crippen LogP contribution in [0.4, 0.5) is 10.5 Å². The number of benzene rings is 1. The molecule has 1 N–H and O–H groups in total. The van der Waals surface area contributed by atoms with E-state index in [0.717, 1.165) is 29.7 Å². The molecule has 1 heterocycles. The minimum absolute atomic E-state index is 0.0148. The Balaban J connectivity index is 1.70. The van der Waals surface area contributed by atoms with E-state index in [4.69, 9.17) is 9.47 Å². The van der Waals surface area contributed by atoms with Crippen molar-refractivity contribution in [2.24, 2.45) is 0 Å². The van der Waals surface area contributed by atoms with Gasteiger partial charge in [0.25, 0.3) is 0 Å². The maximum atomic E-state index is 12.6. The zero-order valence-corrected chi connectivity index (χ0v) is 13.5. The van der Waals surface area contributed by atoms with E-state index in [1.807, 2.05) is 6.07 Å². The molecule has 1 aromatic carbocycles. The molecule has 1 aliphatic carbocycles. The Morgan fingerprint density at radius 2 is 2.17 bits per heavy atom. The summed E-state index contributed by atoms with van der Waals surface area (Å²) in [5.74, 6) is 0.181. The first-order valence-electron chi connectivity index (χ1n) is 7.88. The second kappa shape index (κ2) is 6.68. The predicted molar refractivity (Wildman–Crippen MR) is 85.9 cm³/mol. The van der Waals surface area contributed by atoms with Gasteiger partial charge in [-0.25, -0.2) is 4.79 Å². The molecule has 1 saturated heterocycles. The third kappa shape index (κ3) is 3.23. The SMILES string of the molecule is COC[C@@H]1C[C@H](OC)CN1C(=O)Nc1ccc2c(c1)CCC2=O. The lowest BCUT2D eigenvalue weighted by atomic mass is 10.1. The molecule has 2 atom stereocenters. The monoisotopic (exact) mass is 318 g/mol. The highest BCUT2D eigenvalue weighted by Gasteiger charge is 2.35. The van der Waals surface area contributed by atoms with Crippen molar-refractivity contribution in [2.75, 3.05) is 32.7 Å². The topological polar surface area (TPSA) is 67.9 Å². The molecule has 6 heteroatoms. The van der Waals surface area contributed by atoms with E-state index in [1.54, 1.807) is 31.3 Å². The highest BCUT2D eigenvalue weighted by Crippen LogP contribution is 2.26. The summed E-state index contributed by atoms with van der Waals surface area (Å²) in [6.45, 7) is 1.05. The van der Waals surface area contributed by atoms with Crippen LogP contribution in [0.3, 0.4) is 0 Å². The molecule has 0 bridgehead atoms. The molecule has 6 nitrogen and oxygen atoms in total. The average molecular weight is 318 g/mol. The highest BCUT2D eigenvalue weighted by molar-refractivity contribution is 6.01. The third-order valence-electron chi connectivity index (χ3n) is 4.61. The normalized spacial score (nSPS) is 23.2. The van der Waals surface area contributed by atoms with Crippen molar-refractivity contribution in [3.63, 3.8) is 0 Å². The number of hydrogen-bond acceptors (Lipinski definition) is 4. The van der Waals surface area contributed by atoms with Gasteiger partial charge in [0.1, 0.15) is 0 Å². The quantitative estimate of drug-likeness (QED) is 0.923. The van der Waals surface area contributed by atoms with Gasteiger partial charge in [-0.2, -0.15) is 0 Å². The predicted octanol–water partition coefficient (Wildman–Crippen LogP) is 2.08. The summed E-state index contributed by atoms with van der Waals surface area (Å²) in [6.07, 6.45) is 2.12. The minimum Gasteiger partial charge on any atom is -0.383 e. The van der Waals surface area contributed by atoms with Crippen LogP contribution in [0.1, 0.15) is 28.8 Å². The number of aryl methyl sites for hydroxylation is 1. The van der Waals surface area contributed by atoms with Crippen LogP contribution in [0.25, 0.3) is 0 Å². The first-order chi connectivity index (χ1) is 11.1. The van der Waals surface area contributed by atoms with Crippen molar-refractivity contribution in [1.29, 1.82) is 0 Å². The number of urea groups is 1. The Bertz CT molecular complexity index is 617. The fourth-order valence-corrected chi connectivity index (χ4v) is 3.37. The average Bonchev–Trinajstić information content (AvgIpc) is 3.12. The lowest BCUT2D eigenvalue weighted by molar-refractivity contribution is 0.0994. The van der Waals surface area contributed by atoms with Gasteiger partial charge in [0, 0.05) is 38.4 Å². The summed E-state index contributed by atoms with van der Waals surface area (Å²) in [5.41, 5.74) is 2.51. The van der Waals surface area contributed by atoms with Crippen molar-refractivity contribution < 1.29 is 19.1 Å². The number of likely N-dealkylation sites (tertiary alicyclic amines) is 1. The van der Waals surface area contributed by atoms with E-state index < -0.39 is 0 Å². The first-order valence-corrected chi connectivity index (χ1v) is 7.88. The van der Waals surface area contributed by atoms with Gasteiger partial charge in [-0.3, -0.25) is 4.79 Å². The van der Waals surface area contributed by atoms with Crippen LogP contribution < -0.4 is 5.32 Å².